The van der Waals surface area contributed by atoms with Crippen LogP contribution in [-0.2, 0) is 4.79 Å². The van der Waals surface area contributed by atoms with Crippen LogP contribution in [0.3, 0.4) is 0 Å². The van der Waals surface area contributed by atoms with Crippen molar-refractivity contribution < 1.29 is 14.0 Å². The Morgan fingerprint density at radius 1 is 1.00 bits per heavy atom. The number of amides is 2. The number of carbonyl (C=O) groups is 2. The average Bonchev–Trinajstić information content (AvgIpc) is 3.42. The van der Waals surface area contributed by atoms with Crippen LogP contribution in [0.4, 0.5) is 4.39 Å². The minimum Gasteiger partial charge on any atom is -0.342 e. The summed E-state index contributed by atoms with van der Waals surface area (Å²) in [7, 11) is 0. The summed E-state index contributed by atoms with van der Waals surface area (Å²) < 4.78 is 13.3. The number of carbonyl (C=O) groups excluding carboxylic acids is 2. The maximum atomic E-state index is 13.3. The molecular formula is C20H21FN2O2S. The Kier molecular flexibility index (Phi) is 4.76. The highest BCUT2D eigenvalue weighted by Gasteiger charge is 2.42. The number of thiophene rings is 1. The number of likely N-dealkylation sites (tertiary alicyclic amines) is 2. The van der Waals surface area contributed by atoms with Gasteiger partial charge in [0.1, 0.15) is 5.82 Å². The van der Waals surface area contributed by atoms with Gasteiger partial charge in [-0.15, -0.1) is 11.3 Å². The molecular weight excluding hydrogens is 351 g/mol. The molecule has 2 aliphatic rings. The predicted octanol–water partition coefficient (Wildman–Crippen LogP) is 3.37. The fraction of sp³-hybridized carbons (Fsp3) is 0.400. The normalized spacial score (nSPS) is 22.8. The molecule has 0 N–H and O–H groups in total. The molecule has 0 unspecified atom stereocenters. The SMILES string of the molecule is O=C(c1cccs1)N1C[C@H](c2ccc(F)cc2)[C@H](C(=O)N2CCCC2)C1. The molecule has 3 heterocycles. The number of nitrogens with zero attached hydrogens (tertiary/aromatic N) is 2. The fourth-order valence-electron chi connectivity index (χ4n) is 4.00. The van der Waals surface area contributed by atoms with Crippen LogP contribution < -0.4 is 0 Å². The maximum absolute atomic E-state index is 13.3. The van der Waals surface area contributed by atoms with Crippen LogP contribution in [-0.4, -0.2) is 47.8 Å². The number of hydrogen-bond donors (Lipinski definition) is 0. The third-order valence-corrected chi connectivity index (χ3v) is 6.23. The van der Waals surface area contributed by atoms with Crippen LogP contribution in [0.1, 0.15) is 34.0 Å². The lowest BCUT2D eigenvalue weighted by Crippen LogP contribution is -2.37. The molecule has 4 nitrogen and oxygen atoms in total. The van der Waals surface area contributed by atoms with Crippen molar-refractivity contribution in [2.75, 3.05) is 26.2 Å². The summed E-state index contributed by atoms with van der Waals surface area (Å²) in [4.78, 5) is 30.2. The lowest BCUT2D eigenvalue weighted by molar-refractivity contribution is -0.134. The Bertz CT molecular complexity index is 785. The van der Waals surface area contributed by atoms with Gasteiger partial charge >= 0.3 is 0 Å². The van der Waals surface area contributed by atoms with Gasteiger partial charge in [0.2, 0.25) is 5.91 Å². The van der Waals surface area contributed by atoms with Crippen molar-refractivity contribution in [3.8, 4) is 0 Å². The zero-order chi connectivity index (χ0) is 18.1. The summed E-state index contributed by atoms with van der Waals surface area (Å²) in [6.07, 6.45) is 2.08. The van der Waals surface area contributed by atoms with Crippen molar-refractivity contribution >= 4 is 23.2 Å². The van der Waals surface area contributed by atoms with E-state index in [4.69, 9.17) is 0 Å². The second-order valence-electron chi connectivity index (χ2n) is 6.98. The Morgan fingerprint density at radius 3 is 2.38 bits per heavy atom. The first-order chi connectivity index (χ1) is 12.6. The Morgan fingerprint density at radius 2 is 1.73 bits per heavy atom. The van der Waals surface area contributed by atoms with Crippen LogP contribution in [0.25, 0.3) is 0 Å². The molecule has 0 bridgehead atoms. The molecule has 2 fully saturated rings. The molecule has 0 saturated carbocycles. The van der Waals surface area contributed by atoms with Gasteiger partial charge in [-0.3, -0.25) is 9.59 Å². The van der Waals surface area contributed by atoms with Gasteiger partial charge in [0.05, 0.1) is 10.8 Å². The van der Waals surface area contributed by atoms with Crippen molar-refractivity contribution in [2.24, 2.45) is 5.92 Å². The average molecular weight is 372 g/mol. The highest BCUT2D eigenvalue weighted by molar-refractivity contribution is 7.12. The molecule has 26 heavy (non-hydrogen) atoms. The molecule has 2 aromatic rings. The van der Waals surface area contributed by atoms with Crippen LogP contribution in [0.5, 0.6) is 0 Å². The summed E-state index contributed by atoms with van der Waals surface area (Å²) in [5.41, 5.74) is 0.922. The van der Waals surface area contributed by atoms with E-state index in [9.17, 15) is 14.0 Å². The van der Waals surface area contributed by atoms with Crippen molar-refractivity contribution in [1.29, 1.82) is 0 Å². The maximum Gasteiger partial charge on any atom is 0.263 e. The van der Waals surface area contributed by atoms with E-state index in [1.54, 1.807) is 17.0 Å². The van der Waals surface area contributed by atoms with Gasteiger partial charge < -0.3 is 9.80 Å². The second-order valence-corrected chi connectivity index (χ2v) is 7.93. The van der Waals surface area contributed by atoms with Gasteiger partial charge in [-0.05, 0) is 42.0 Å². The zero-order valence-electron chi connectivity index (χ0n) is 14.4. The van der Waals surface area contributed by atoms with Gasteiger partial charge in [0.25, 0.3) is 5.91 Å². The first-order valence-corrected chi connectivity index (χ1v) is 9.88. The second kappa shape index (κ2) is 7.19. The zero-order valence-corrected chi connectivity index (χ0v) is 15.3. The van der Waals surface area contributed by atoms with E-state index in [2.05, 4.69) is 0 Å². The van der Waals surface area contributed by atoms with Crippen molar-refractivity contribution in [3.05, 3.63) is 58.0 Å². The highest BCUT2D eigenvalue weighted by atomic mass is 32.1. The van der Waals surface area contributed by atoms with E-state index < -0.39 is 0 Å². The molecule has 2 aliphatic heterocycles. The summed E-state index contributed by atoms with van der Waals surface area (Å²) in [6.45, 7) is 2.51. The number of halogens is 1. The lowest BCUT2D eigenvalue weighted by Gasteiger charge is -2.23. The largest absolute Gasteiger partial charge is 0.342 e. The number of rotatable bonds is 3. The van der Waals surface area contributed by atoms with Gasteiger partial charge in [-0.2, -0.15) is 0 Å². The van der Waals surface area contributed by atoms with Gasteiger partial charge in [-0.25, -0.2) is 4.39 Å². The van der Waals surface area contributed by atoms with Gasteiger partial charge in [0, 0.05) is 32.1 Å². The molecule has 0 aliphatic carbocycles. The molecule has 1 aromatic carbocycles. The molecule has 0 radical (unpaired) electrons. The third-order valence-electron chi connectivity index (χ3n) is 5.37. The Hall–Kier alpha value is -2.21. The minimum absolute atomic E-state index is 0.0242. The molecule has 2 amide bonds. The topological polar surface area (TPSA) is 40.6 Å². The van der Waals surface area contributed by atoms with Crippen LogP contribution in [0, 0.1) is 11.7 Å². The highest BCUT2D eigenvalue weighted by Crippen LogP contribution is 2.35. The Balaban J connectivity index is 1.60. The van der Waals surface area contributed by atoms with Crippen LogP contribution in [0.15, 0.2) is 41.8 Å². The minimum atomic E-state index is -0.291. The van der Waals surface area contributed by atoms with E-state index in [0.717, 1.165) is 31.5 Å². The quantitative estimate of drug-likeness (QED) is 0.829. The van der Waals surface area contributed by atoms with E-state index >= 15 is 0 Å². The smallest absolute Gasteiger partial charge is 0.263 e. The van der Waals surface area contributed by atoms with Gasteiger partial charge in [-0.1, -0.05) is 18.2 Å². The van der Waals surface area contributed by atoms with E-state index in [1.807, 2.05) is 22.4 Å². The van der Waals surface area contributed by atoms with Gasteiger partial charge in [0.15, 0.2) is 0 Å². The molecule has 2 atom stereocenters. The van der Waals surface area contributed by atoms with Crippen molar-refractivity contribution in [1.82, 2.24) is 9.80 Å². The summed E-state index contributed by atoms with van der Waals surface area (Å²) in [6, 6.07) is 10.0. The molecule has 0 spiro atoms. The predicted molar refractivity (Wildman–Crippen MR) is 98.7 cm³/mol. The lowest BCUT2D eigenvalue weighted by atomic mass is 9.88. The van der Waals surface area contributed by atoms with Crippen molar-refractivity contribution in [3.63, 3.8) is 0 Å². The van der Waals surface area contributed by atoms with Crippen molar-refractivity contribution in [2.45, 2.75) is 18.8 Å². The first kappa shape index (κ1) is 17.2. The molecule has 136 valence electrons. The third kappa shape index (κ3) is 3.26. The van der Waals surface area contributed by atoms with Crippen LogP contribution >= 0.6 is 11.3 Å². The Labute approximate surface area is 156 Å². The molecule has 6 heteroatoms. The molecule has 1 aromatic heterocycles. The summed E-state index contributed by atoms with van der Waals surface area (Å²) in [5.74, 6) is -0.544. The molecule has 2 saturated heterocycles. The van der Waals surface area contributed by atoms with E-state index in [1.165, 1.54) is 23.5 Å². The summed E-state index contributed by atoms with van der Waals surface area (Å²) in [5, 5.41) is 1.88. The first-order valence-electron chi connectivity index (χ1n) is 9.00. The van der Waals surface area contributed by atoms with E-state index in [0.29, 0.717) is 18.0 Å². The standard InChI is InChI=1S/C20H21FN2O2S/c21-15-7-5-14(6-8-15)16-12-23(20(25)18-4-3-11-26-18)13-17(16)19(24)22-9-1-2-10-22/h3-8,11,16-17H,1-2,9-10,12-13H2/t16-,17-/m1/s1. The monoisotopic (exact) mass is 372 g/mol. The molecule has 4 rings (SSSR count). The number of hydrogen-bond acceptors (Lipinski definition) is 3. The summed E-state index contributed by atoms with van der Waals surface area (Å²) >= 11 is 1.42. The van der Waals surface area contributed by atoms with E-state index in [-0.39, 0.29) is 29.5 Å². The number of benzene rings is 1. The van der Waals surface area contributed by atoms with Crippen LogP contribution in [0.2, 0.25) is 0 Å². The fourth-order valence-corrected chi connectivity index (χ4v) is 4.69.